The summed E-state index contributed by atoms with van der Waals surface area (Å²) in [6, 6.07) is 0. The van der Waals surface area contributed by atoms with Crippen LogP contribution in [0.2, 0.25) is 0 Å². The van der Waals surface area contributed by atoms with Gasteiger partial charge in [-0.3, -0.25) is 9.59 Å². The van der Waals surface area contributed by atoms with Crippen LogP contribution in [0.4, 0.5) is 4.39 Å². The fraction of sp³-hybridized carbons (Fsp3) is 0.400. The highest BCUT2D eigenvalue weighted by Gasteiger charge is 2.39. The van der Waals surface area contributed by atoms with Crippen LogP contribution in [0.25, 0.3) is 0 Å². The van der Waals surface area contributed by atoms with E-state index in [-0.39, 0.29) is 0 Å². The lowest BCUT2D eigenvalue weighted by molar-refractivity contribution is -0.164. The summed E-state index contributed by atoms with van der Waals surface area (Å²) in [5, 5.41) is 24.1. The van der Waals surface area contributed by atoms with Crippen molar-refractivity contribution in [2.24, 2.45) is 5.92 Å². The van der Waals surface area contributed by atoms with Crippen molar-refractivity contribution in [3.63, 3.8) is 0 Å². The van der Waals surface area contributed by atoms with E-state index in [1.165, 1.54) is 0 Å². The van der Waals surface area contributed by atoms with Crippen molar-refractivity contribution in [2.45, 2.75) is 6.17 Å². The first-order chi connectivity index (χ1) is 5.37. The third kappa shape index (κ3) is 2.19. The van der Waals surface area contributed by atoms with Gasteiger partial charge < -0.3 is 15.3 Å². The molecule has 0 fully saturated rings. The minimum Gasteiger partial charge on any atom is -0.481 e. The second kappa shape index (κ2) is 3.65. The van der Waals surface area contributed by atoms with Crippen molar-refractivity contribution >= 4 is 17.9 Å². The van der Waals surface area contributed by atoms with Crippen molar-refractivity contribution in [2.75, 3.05) is 0 Å². The molecule has 0 aliphatic carbocycles. The molecular weight excluding hydrogens is 175 g/mol. The van der Waals surface area contributed by atoms with Crippen LogP contribution < -0.4 is 0 Å². The number of carboxylic acid groups (broad SMARTS) is 3. The Bertz CT molecular complexity index is 210. The van der Waals surface area contributed by atoms with Crippen LogP contribution >= 0.6 is 0 Å². The normalized spacial score (nSPS) is 12.5. The maximum Gasteiger partial charge on any atom is 0.339 e. The van der Waals surface area contributed by atoms with Gasteiger partial charge in [0.25, 0.3) is 0 Å². The lowest BCUT2D eigenvalue weighted by atomic mass is 10.1. The summed E-state index contributed by atoms with van der Waals surface area (Å²) in [6.45, 7) is 0. The number of halogens is 1. The summed E-state index contributed by atoms with van der Waals surface area (Å²) in [6.07, 6.45) is -2.93. The predicted octanol–water partition coefficient (Wildman–Crippen LogP) is -0.805. The number of rotatable bonds is 4. The van der Waals surface area contributed by atoms with Gasteiger partial charge in [-0.15, -0.1) is 0 Å². The van der Waals surface area contributed by atoms with Gasteiger partial charge in [-0.2, -0.15) is 0 Å². The molecule has 0 aromatic rings. The van der Waals surface area contributed by atoms with E-state index in [1.807, 2.05) is 0 Å². The summed E-state index contributed by atoms with van der Waals surface area (Å²) in [5.74, 6) is -8.69. The number of aliphatic carboxylic acids is 3. The van der Waals surface area contributed by atoms with Crippen LogP contribution in [0.5, 0.6) is 0 Å². The molecule has 7 heteroatoms. The second-order valence-electron chi connectivity index (χ2n) is 1.89. The topological polar surface area (TPSA) is 112 Å². The van der Waals surface area contributed by atoms with Crippen LogP contribution in [0.1, 0.15) is 0 Å². The summed E-state index contributed by atoms with van der Waals surface area (Å²) in [7, 11) is 0. The molecule has 3 N–H and O–H groups in total. The molecule has 0 heterocycles. The first kappa shape index (κ1) is 10.3. The number of hydrogen-bond acceptors (Lipinski definition) is 3. The molecule has 0 saturated carbocycles. The lowest BCUT2D eigenvalue weighted by Crippen LogP contribution is -2.37. The molecule has 1 atom stereocenters. The molecule has 1 unspecified atom stereocenters. The van der Waals surface area contributed by atoms with Crippen molar-refractivity contribution < 1.29 is 34.1 Å². The number of carbonyl (C=O) groups is 3. The molecule has 0 saturated heterocycles. The Hall–Kier alpha value is -1.66. The molecule has 68 valence electrons. The zero-order valence-corrected chi connectivity index (χ0v) is 5.60. The molecule has 0 radical (unpaired) electrons. The molecule has 0 rings (SSSR count). The summed E-state index contributed by atoms with van der Waals surface area (Å²) in [4.78, 5) is 29.9. The van der Waals surface area contributed by atoms with E-state index in [4.69, 9.17) is 15.3 Å². The van der Waals surface area contributed by atoms with Crippen LogP contribution in [0, 0.1) is 5.92 Å². The first-order valence-electron chi connectivity index (χ1n) is 2.70. The monoisotopic (exact) mass is 180 g/mol. The fourth-order valence-corrected chi connectivity index (χ4v) is 0.499. The minimum atomic E-state index is -2.93. The molecule has 0 aromatic carbocycles. The highest BCUT2D eigenvalue weighted by atomic mass is 19.1. The second-order valence-corrected chi connectivity index (χ2v) is 1.89. The van der Waals surface area contributed by atoms with Gasteiger partial charge in [-0.1, -0.05) is 0 Å². The fourth-order valence-electron chi connectivity index (χ4n) is 0.499. The lowest BCUT2D eigenvalue weighted by Gasteiger charge is -2.07. The van der Waals surface area contributed by atoms with E-state index in [9.17, 15) is 18.8 Å². The van der Waals surface area contributed by atoms with Crippen LogP contribution in [-0.4, -0.2) is 39.4 Å². The van der Waals surface area contributed by atoms with Crippen LogP contribution in [-0.2, 0) is 14.4 Å². The van der Waals surface area contributed by atoms with Gasteiger partial charge in [0.2, 0.25) is 6.17 Å². The maximum absolute atomic E-state index is 12.3. The van der Waals surface area contributed by atoms with Crippen LogP contribution in [0.3, 0.4) is 0 Å². The average molecular weight is 180 g/mol. The van der Waals surface area contributed by atoms with Crippen molar-refractivity contribution in [1.82, 2.24) is 0 Å². The van der Waals surface area contributed by atoms with Crippen molar-refractivity contribution in [1.29, 1.82) is 0 Å². The van der Waals surface area contributed by atoms with Gasteiger partial charge in [0.15, 0.2) is 5.92 Å². The van der Waals surface area contributed by atoms with E-state index >= 15 is 0 Å². The van der Waals surface area contributed by atoms with E-state index in [1.54, 1.807) is 0 Å². The van der Waals surface area contributed by atoms with Gasteiger partial charge in [0, 0.05) is 0 Å². The van der Waals surface area contributed by atoms with Gasteiger partial charge in [-0.05, 0) is 0 Å². The molecule has 0 aliphatic heterocycles. The molecule has 12 heavy (non-hydrogen) atoms. The molecule has 0 spiro atoms. The Morgan fingerprint density at radius 1 is 0.917 bits per heavy atom. The van der Waals surface area contributed by atoms with Gasteiger partial charge in [0.1, 0.15) is 0 Å². The van der Waals surface area contributed by atoms with E-state index < -0.39 is 30.0 Å². The van der Waals surface area contributed by atoms with Gasteiger partial charge >= 0.3 is 17.9 Å². The number of alkyl halides is 1. The third-order valence-corrected chi connectivity index (χ3v) is 1.06. The SMILES string of the molecule is O=C(O)C(F)C(C(=O)O)C(=O)O. The minimum absolute atomic E-state index is 2.02. The highest BCUT2D eigenvalue weighted by molar-refractivity contribution is 5.98. The van der Waals surface area contributed by atoms with Crippen LogP contribution in [0.15, 0.2) is 0 Å². The summed E-state index contributed by atoms with van der Waals surface area (Å²) in [5.41, 5.74) is 0. The third-order valence-electron chi connectivity index (χ3n) is 1.06. The van der Waals surface area contributed by atoms with E-state index in [0.29, 0.717) is 0 Å². The number of carboxylic acids is 3. The Balaban J connectivity index is 4.63. The Labute approximate surface area is 65.2 Å². The molecule has 0 aromatic heterocycles. The maximum atomic E-state index is 12.3. The zero-order valence-electron chi connectivity index (χ0n) is 5.60. The predicted molar refractivity (Wildman–Crippen MR) is 31.3 cm³/mol. The Morgan fingerprint density at radius 2 is 1.25 bits per heavy atom. The van der Waals surface area contributed by atoms with Gasteiger partial charge in [0.05, 0.1) is 0 Å². The van der Waals surface area contributed by atoms with Gasteiger partial charge in [-0.25, -0.2) is 9.18 Å². The summed E-state index contributed by atoms with van der Waals surface area (Å²) >= 11 is 0. The Morgan fingerprint density at radius 3 is 1.33 bits per heavy atom. The van der Waals surface area contributed by atoms with Crippen molar-refractivity contribution in [3.05, 3.63) is 0 Å². The zero-order chi connectivity index (χ0) is 9.89. The quantitative estimate of drug-likeness (QED) is 0.488. The highest BCUT2D eigenvalue weighted by Crippen LogP contribution is 2.08. The molecule has 0 amide bonds. The Kier molecular flexibility index (Phi) is 3.15. The number of hydrogen-bond donors (Lipinski definition) is 3. The van der Waals surface area contributed by atoms with E-state index in [0.717, 1.165) is 0 Å². The summed E-state index contributed by atoms with van der Waals surface area (Å²) < 4.78 is 12.3. The molecular formula is C5H5FO6. The van der Waals surface area contributed by atoms with Crippen molar-refractivity contribution in [3.8, 4) is 0 Å². The largest absolute Gasteiger partial charge is 0.481 e. The smallest absolute Gasteiger partial charge is 0.339 e. The molecule has 0 aliphatic rings. The molecule has 6 nitrogen and oxygen atoms in total. The standard InChI is InChI=1S/C5H5FO6/c6-2(5(11)12)1(3(7)8)4(9)10/h1-2H,(H,7,8)(H,9,10)(H,11,12). The average Bonchev–Trinajstić information content (AvgIpc) is 1.85. The molecule has 0 bridgehead atoms. The first-order valence-corrected chi connectivity index (χ1v) is 2.70. The van der Waals surface area contributed by atoms with E-state index in [2.05, 4.69) is 0 Å².